The minimum Gasteiger partial charge on any atom is -0.465 e. The molecule has 1 N–H and O–H groups in total. The highest BCUT2D eigenvalue weighted by molar-refractivity contribution is 7.90. The molecule has 0 heterocycles. The topological polar surface area (TPSA) is 75.7 Å². The van der Waals surface area contributed by atoms with Gasteiger partial charge in [-0.1, -0.05) is 11.6 Å². The van der Waals surface area contributed by atoms with E-state index in [1.807, 2.05) is 0 Å². The Balaban J connectivity index is 3.11. The van der Waals surface area contributed by atoms with Crippen LogP contribution in [0.4, 0.5) is 5.69 Å². The number of anilines is 1. The lowest BCUT2D eigenvalue weighted by atomic mass is 10.2. The third kappa shape index (κ3) is 3.34. The first-order valence-electron chi connectivity index (χ1n) is 4.86. The van der Waals surface area contributed by atoms with Gasteiger partial charge in [0.1, 0.15) is 0 Å². The summed E-state index contributed by atoms with van der Waals surface area (Å²) in [4.78, 5) is 11.4. The zero-order valence-corrected chi connectivity index (χ0v) is 11.7. The second kappa shape index (κ2) is 5.55. The highest BCUT2D eigenvalue weighted by Gasteiger charge is 2.16. The Labute approximate surface area is 111 Å². The standard InChI is InChI=1S/C10H13ClN2O4S/c1-13(2)18(15,16)12-7-4-5-9(11)8(6-7)10(14)17-3/h4-6,12H,1-3H3. The molecule has 1 aromatic carbocycles. The van der Waals surface area contributed by atoms with Crippen LogP contribution in [0.2, 0.25) is 5.02 Å². The van der Waals surface area contributed by atoms with Crippen LogP contribution in [0, 0.1) is 0 Å². The van der Waals surface area contributed by atoms with Gasteiger partial charge < -0.3 is 4.74 Å². The van der Waals surface area contributed by atoms with Crippen molar-refractivity contribution in [3.05, 3.63) is 28.8 Å². The van der Waals surface area contributed by atoms with E-state index >= 15 is 0 Å². The molecule has 0 amide bonds. The molecule has 100 valence electrons. The number of hydrogen-bond donors (Lipinski definition) is 1. The number of nitrogens with zero attached hydrogens (tertiary/aromatic N) is 1. The van der Waals surface area contributed by atoms with Crippen molar-refractivity contribution in [3.8, 4) is 0 Å². The summed E-state index contributed by atoms with van der Waals surface area (Å²) in [6.07, 6.45) is 0. The van der Waals surface area contributed by atoms with Crippen LogP contribution in [0.15, 0.2) is 18.2 Å². The van der Waals surface area contributed by atoms with Crippen molar-refractivity contribution in [2.75, 3.05) is 25.9 Å². The smallest absolute Gasteiger partial charge is 0.339 e. The highest BCUT2D eigenvalue weighted by Crippen LogP contribution is 2.22. The van der Waals surface area contributed by atoms with Crippen LogP contribution in [0.5, 0.6) is 0 Å². The number of hydrogen-bond acceptors (Lipinski definition) is 4. The lowest BCUT2D eigenvalue weighted by Crippen LogP contribution is -2.29. The Morgan fingerprint density at radius 3 is 2.50 bits per heavy atom. The van der Waals surface area contributed by atoms with E-state index in [1.165, 1.54) is 39.4 Å². The average molecular weight is 293 g/mol. The van der Waals surface area contributed by atoms with Crippen LogP contribution in [-0.2, 0) is 14.9 Å². The van der Waals surface area contributed by atoms with E-state index in [-0.39, 0.29) is 16.3 Å². The average Bonchev–Trinajstić information content (AvgIpc) is 2.30. The molecule has 8 heteroatoms. The van der Waals surface area contributed by atoms with Gasteiger partial charge >= 0.3 is 16.2 Å². The van der Waals surface area contributed by atoms with E-state index in [0.717, 1.165) is 4.31 Å². The first-order chi connectivity index (χ1) is 8.27. The Kier molecular flexibility index (Phi) is 4.55. The lowest BCUT2D eigenvalue weighted by molar-refractivity contribution is 0.0601. The van der Waals surface area contributed by atoms with Gasteiger partial charge in [-0.15, -0.1) is 0 Å². The fourth-order valence-electron chi connectivity index (χ4n) is 1.10. The van der Waals surface area contributed by atoms with E-state index in [9.17, 15) is 13.2 Å². The predicted octanol–water partition coefficient (Wildman–Crippen LogP) is 1.34. The summed E-state index contributed by atoms with van der Waals surface area (Å²) in [6.45, 7) is 0. The molecule has 0 radical (unpaired) electrons. The van der Waals surface area contributed by atoms with Crippen LogP contribution in [0.1, 0.15) is 10.4 Å². The Morgan fingerprint density at radius 2 is 2.00 bits per heavy atom. The number of ether oxygens (including phenoxy) is 1. The summed E-state index contributed by atoms with van der Waals surface area (Å²) in [5.41, 5.74) is 0.326. The fourth-order valence-corrected chi connectivity index (χ4v) is 1.90. The van der Waals surface area contributed by atoms with Crippen LogP contribution < -0.4 is 4.72 Å². The molecule has 1 rings (SSSR count). The number of nitrogens with one attached hydrogen (secondary N) is 1. The summed E-state index contributed by atoms with van der Waals surface area (Å²) >= 11 is 5.82. The molecule has 6 nitrogen and oxygen atoms in total. The van der Waals surface area contributed by atoms with Gasteiger partial charge in [0, 0.05) is 14.1 Å². The number of carbonyl (C=O) groups excluding carboxylic acids is 1. The Morgan fingerprint density at radius 1 is 1.39 bits per heavy atom. The van der Waals surface area contributed by atoms with Gasteiger partial charge in [0.2, 0.25) is 0 Å². The summed E-state index contributed by atoms with van der Waals surface area (Å²) in [5.74, 6) is -0.633. The van der Waals surface area contributed by atoms with Crippen molar-refractivity contribution in [2.24, 2.45) is 0 Å². The molecule has 1 aromatic rings. The lowest BCUT2D eigenvalue weighted by Gasteiger charge is -2.14. The van der Waals surface area contributed by atoms with Gasteiger partial charge in [-0.2, -0.15) is 12.7 Å². The molecular weight excluding hydrogens is 280 g/mol. The van der Waals surface area contributed by atoms with E-state index in [0.29, 0.717) is 0 Å². The molecule has 0 saturated heterocycles. The first-order valence-corrected chi connectivity index (χ1v) is 6.68. The van der Waals surface area contributed by atoms with Crippen molar-refractivity contribution in [1.82, 2.24) is 4.31 Å². The maximum atomic E-state index is 11.6. The third-order valence-corrected chi connectivity index (χ3v) is 3.88. The Hall–Kier alpha value is -1.31. The van der Waals surface area contributed by atoms with Crippen LogP contribution in [-0.4, -0.2) is 39.9 Å². The quantitative estimate of drug-likeness (QED) is 0.850. The summed E-state index contributed by atoms with van der Waals surface area (Å²) < 4.78 is 31.0. The fraction of sp³-hybridized carbons (Fsp3) is 0.300. The van der Waals surface area contributed by atoms with E-state index in [2.05, 4.69) is 9.46 Å². The Bertz CT molecular complexity index is 557. The van der Waals surface area contributed by atoms with E-state index in [1.54, 1.807) is 0 Å². The van der Waals surface area contributed by atoms with Gasteiger partial charge in [0.15, 0.2) is 0 Å². The van der Waals surface area contributed by atoms with Crippen molar-refractivity contribution < 1.29 is 17.9 Å². The van der Waals surface area contributed by atoms with Crippen molar-refractivity contribution in [1.29, 1.82) is 0 Å². The molecule has 0 atom stereocenters. The third-order valence-electron chi connectivity index (χ3n) is 2.10. The second-order valence-corrected chi connectivity index (χ2v) is 5.87. The molecule has 0 aliphatic carbocycles. The molecule has 0 fully saturated rings. The maximum Gasteiger partial charge on any atom is 0.339 e. The number of rotatable bonds is 4. The first kappa shape index (κ1) is 14.7. The van der Waals surface area contributed by atoms with Crippen LogP contribution in [0.3, 0.4) is 0 Å². The molecule has 0 spiro atoms. The van der Waals surface area contributed by atoms with Crippen LogP contribution >= 0.6 is 11.6 Å². The SMILES string of the molecule is COC(=O)c1cc(NS(=O)(=O)N(C)C)ccc1Cl. The van der Waals surface area contributed by atoms with Crippen LogP contribution in [0.25, 0.3) is 0 Å². The van der Waals surface area contributed by atoms with Crippen molar-refractivity contribution in [3.63, 3.8) is 0 Å². The second-order valence-electron chi connectivity index (χ2n) is 3.58. The maximum absolute atomic E-state index is 11.6. The number of halogens is 1. The van der Waals surface area contributed by atoms with Crippen molar-refractivity contribution in [2.45, 2.75) is 0 Å². The minimum absolute atomic E-state index is 0.0955. The molecule has 0 aliphatic rings. The van der Waals surface area contributed by atoms with Gasteiger partial charge in [0.05, 0.1) is 23.4 Å². The summed E-state index contributed by atoms with van der Waals surface area (Å²) in [6, 6.07) is 4.19. The number of methoxy groups -OCH3 is 1. The molecule has 0 bridgehead atoms. The number of carbonyl (C=O) groups is 1. The minimum atomic E-state index is -3.63. The van der Waals surface area contributed by atoms with E-state index in [4.69, 9.17) is 11.6 Å². The van der Waals surface area contributed by atoms with Crippen molar-refractivity contribution >= 4 is 33.5 Å². The van der Waals surface area contributed by atoms with Gasteiger partial charge in [-0.25, -0.2) is 4.79 Å². The number of esters is 1. The molecule has 0 aromatic heterocycles. The summed E-state index contributed by atoms with van der Waals surface area (Å²) in [5, 5.41) is 0.189. The molecule has 18 heavy (non-hydrogen) atoms. The molecule has 0 saturated carbocycles. The molecular formula is C10H13ClN2O4S. The van der Waals surface area contributed by atoms with Gasteiger partial charge in [-0.05, 0) is 18.2 Å². The van der Waals surface area contributed by atoms with Gasteiger partial charge in [-0.3, -0.25) is 4.72 Å². The van der Waals surface area contributed by atoms with E-state index < -0.39 is 16.2 Å². The summed E-state index contributed by atoms with van der Waals surface area (Å²) in [7, 11) is 0.369. The monoisotopic (exact) mass is 292 g/mol. The predicted molar refractivity (Wildman–Crippen MR) is 69.0 cm³/mol. The normalized spacial score (nSPS) is 11.4. The molecule has 0 aliphatic heterocycles. The zero-order valence-electron chi connectivity index (χ0n) is 10.1. The van der Waals surface area contributed by atoms with Gasteiger partial charge in [0.25, 0.3) is 0 Å². The largest absolute Gasteiger partial charge is 0.465 e. The zero-order chi connectivity index (χ0) is 13.9. The number of benzene rings is 1. The highest BCUT2D eigenvalue weighted by atomic mass is 35.5. The molecule has 0 unspecified atom stereocenters.